The Labute approximate surface area is 126 Å². The number of nitrogen functional groups attached to an aromatic ring is 1. The second-order valence-corrected chi connectivity index (χ2v) is 6.41. The number of rotatable bonds is 2. The lowest BCUT2D eigenvalue weighted by atomic mass is 10.1. The number of nitrogens with two attached hydrogens (primary N) is 1. The summed E-state index contributed by atoms with van der Waals surface area (Å²) in [5.74, 6) is -0.482. The molecule has 1 aliphatic rings. The standard InChI is InChI=1S/C15H18FN3OS/c1-19(9-5-7-18-8-6-9)15(20)14-13(17)12-10(16)3-2-4-11(12)21-14/h2-4,9,18H,5-8,17H2,1H3. The summed E-state index contributed by atoms with van der Waals surface area (Å²) in [7, 11) is 1.80. The molecule has 21 heavy (non-hydrogen) atoms. The van der Waals surface area contributed by atoms with Crippen molar-refractivity contribution in [3.05, 3.63) is 28.9 Å². The third-order valence-electron chi connectivity index (χ3n) is 4.07. The van der Waals surface area contributed by atoms with Crippen molar-refractivity contribution < 1.29 is 9.18 Å². The summed E-state index contributed by atoms with van der Waals surface area (Å²) in [5.41, 5.74) is 6.28. The average Bonchev–Trinajstić information content (AvgIpc) is 2.85. The summed E-state index contributed by atoms with van der Waals surface area (Å²) < 4.78 is 14.6. The highest BCUT2D eigenvalue weighted by molar-refractivity contribution is 7.21. The molecule has 112 valence electrons. The molecule has 0 radical (unpaired) electrons. The van der Waals surface area contributed by atoms with E-state index >= 15 is 0 Å². The quantitative estimate of drug-likeness (QED) is 0.896. The Bertz CT molecular complexity index is 679. The Kier molecular flexibility index (Phi) is 3.82. The summed E-state index contributed by atoms with van der Waals surface area (Å²) in [5, 5.41) is 3.64. The van der Waals surface area contributed by atoms with Gasteiger partial charge in [-0.2, -0.15) is 0 Å². The van der Waals surface area contributed by atoms with Gasteiger partial charge in [-0.05, 0) is 38.1 Å². The molecule has 1 aromatic carbocycles. The van der Waals surface area contributed by atoms with Gasteiger partial charge in [-0.3, -0.25) is 4.79 Å². The number of carbonyl (C=O) groups is 1. The molecular weight excluding hydrogens is 289 g/mol. The van der Waals surface area contributed by atoms with E-state index in [1.807, 2.05) is 0 Å². The minimum atomic E-state index is -0.371. The smallest absolute Gasteiger partial charge is 0.266 e. The van der Waals surface area contributed by atoms with Gasteiger partial charge in [0.25, 0.3) is 5.91 Å². The van der Waals surface area contributed by atoms with Crippen LogP contribution in [-0.2, 0) is 0 Å². The van der Waals surface area contributed by atoms with Crippen molar-refractivity contribution in [2.75, 3.05) is 25.9 Å². The van der Waals surface area contributed by atoms with Crippen LogP contribution in [0.4, 0.5) is 10.1 Å². The minimum absolute atomic E-state index is 0.111. The van der Waals surface area contributed by atoms with Crippen molar-refractivity contribution in [3.8, 4) is 0 Å². The molecule has 3 rings (SSSR count). The van der Waals surface area contributed by atoms with Crippen molar-refractivity contribution in [1.29, 1.82) is 0 Å². The van der Waals surface area contributed by atoms with Crippen LogP contribution in [0.3, 0.4) is 0 Å². The SMILES string of the molecule is CN(C(=O)c1sc2cccc(F)c2c1N)C1CCNCC1. The van der Waals surface area contributed by atoms with E-state index in [0.29, 0.717) is 10.3 Å². The molecule has 0 saturated carbocycles. The van der Waals surface area contributed by atoms with Crippen molar-refractivity contribution in [3.63, 3.8) is 0 Å². The normalized spacial score (nSPS) is 16.3. The van der Waals surface area contributed by atoms with Crippen molar-refractivity contribution in [2.45, 2.75) is 18.9 Å². The molecule has 0 spiro atoms. The molecule has 0 atom stereocenters. The van der Waals surface area contributed by atoms with E-state index in [1.54, 1.807) is 24.1 Å². The zero-order valence-corrected chi connectivity index (χ0v) is 12.7. The van der Waals surface area contributed by atoms with Gasteiger partial charge in [0, 0.05) is 17.8 Å². The van der Waals surface area contributed by atoms with Gasteiger partial charge in [-0.15, -0.1) is 11.3 Å². The summed E-state index contributed by atoms with van der Waals surface area (Å²) in [6.07, 6.45) is 1.86. The van der Waals surface area contributed by atoms with E-state index in [1.165, 1.54) is 17.4 Å². The molecule has 1 fully saturated rings. The Hall–Kier alpha value is -1.66. The molecule has 0 bridgehead atoms. The monoisotopic (exact) mass is 307 g/mol. The number of anilines is 1. The number of hydrogen-bond acceptors (Lipinski definition) is 4. The number of carbonyl (C=O) groups excluding carboxylic acids is 1. The second kappa shape index (κ2) is 5.61. The fourth-order valence-corrected chi connectivity index (χ4v) is 3.93. The molecule has 2 heterocycles. The molecule has 4 nitrogen and oxygen atoms in total. The van der Waals surface area contributed by atoms with Crippen LogP contribution in [0.25, 0.3) is 10.1 Å². The number of benzene rings is 1. The first kappa shape index (κ1) is 14.3. The lowest BCUT2D eigenvalue weighted by Crippen LogP contribution is -2.43. The van der Waals surface area contributed by atoms with E-state index in [9.17, 15) is 9.18 Å². The highest BCUT2D eigenvalue weighted by Gasteiger charge is 2.26. The molecule has 0 aliphatic carbocycles. The maximum Gasteiger partial charge on any atom is 0.266 e. The molecule has 1 amide bonds. The van der Waals surface area contributed by atoms with Crippen molar-refractivity contribution in [2.24, 2.45) is 0 Å². The third kappa shape index (κ3) is 2.49. The summed E-state index contributed by atoms with van der Waals surface area (Å²) in [6.45, 7) is 1.83. The molecule has 1 aromatic heterocycles. The first-order chi connectivity index (χ1) is 10.1. The number of amides is 1. The van der Waals surface area contributed by atoms with Crippen LogP contribution < -0.4 is 11.1 Å². The molecule has 3 N–H and O–H groups in total. The number of fused-ring (bicyclic) bond motifs is 1. The minimum Gasteiger partial charge on any atom is -0.397 e. The molecule has 1 aliphatic heterocycles. The van der Waals surface area contributed by atoms with E-state index in [2.05, 4.69) is 5.32 Å². The zero-order valence-electron chi connectivity index (χ0n) is 11.9. The number of piperidine rings is 1. The fourth-order valence-electron chi connectivity index (χ4n) is 2.81. The number of nitrogens with one attached hydrogen (secondary N) is 1. The van der Waals surface area contributed by atoms with Gasteiger partial charge in [0.05, 0.1) is 11.1 Å². The van der Waals surface area contributed by atoms with Gasteiger partial charge in [0.2, 0.25) is 0 Å². The van der Waals surface area contributed by atoms with Crippen LogP contribution in [-0.4, -0.2) is 37.0 Å². The van der Waals surface area contributed by atoms with Gasteiger partial charge >= 0.3 is 0 Å². The second-order valence-electron chi connectivity index (χ2n) is 5.36. The molecule has 1 saturated heterocycles. The maximum atomic E-state index is 13.9. The Morgan fingerprint density at radius 1 is 1.43 bits per heavy atom. The van der Waals surface area contributed by atoms with Gasteiger partial charge in [-0.1, -0.05) is 6.07 Å². The summed E-state index contributed by atoms with van der Waals surface area (Å²) in [6, 6.07) is 5.02. The molecule has 0 unspecified atom stereocenters. The highest BCUT2D eigenvalue weighted by Crippen LogP contribution is 2.36. The lowest BCUT2D eigenvalue weighted by molar-refractivity contribution is 0.0709. The fraction of sp³-hybridized carbons (Fsp3) is 0.400. The largest absolute Gasteiger partial charge is 0.397 e. The van der Waals surface area contributed by atoms with E-state index in [0.717, 1.165) is 30.6 Å². The summed E-state index contributed by atoms with van der Waals surface area (Å²) >= 11 is 1.27. The Morgan fingerprint density at radius 2 is 2.14 bits per heavy atom. The summed E-state index contributed by atoms with van der Waals surface area (Å²) in [4.78, 5) is 14.8. The van der Waals surface area contributed by atoms with E-state index < -0.39 is 0 Å². The first-order valence-electron chi connectivity index (χ1n) is 7.04. The first-order valence-corrected chi connectivity index (χ1v) is 7.85. The lowest BCUT2D eigenvalue weighted by Gasteiger charge is -2.31. The van der Waals surface area contributed by atoms with Gasteiger partial charge < -0.3 is 16.0 Å². The molecule has 2 aromatic rings. The van der Waals surface area contributed by atoms with Crippen LogP contribution in [0.2, 0.25) is 0 Å². The van der Waals surface area contributed by atoms with E-state index in [4.69, 9.17) is 5.73 Å². The maximum absolute atomic E-state index is 13.9. The topological polar surface area (TPSA) is 58.4 Å². The van der Waals surface area contributed by atoms with Crippen LogP contribution in [0.15, 0.2) is 18.2 Å². The van der Waals surface area contributed by atoms with Gasteiger partial charge in [0.15, 0.2) is 0 Å². The predicted molar refractivity (Wildman–Crippen MR) is 84.2 cm³/mol. The number of hydrogen-bond donors (Lipinski definition) is 2. The van der Waals surface area contributed by atoms with Crippen LogP contribution in [0, 0.1) is 5.82 Å². The van der Waals surface area contributed by atoms with Gasteiger partial charge in [0.1, 0.15) is 10.7 Å². The number of thiophene rings is 1. The highest BCUT2D eigenvalue weighted by atomic mass is 32.1. The Morgan fingerprint density at radius 3 is 2.81 bits per heavy atom. The molecule has 6 heteroatoms. The predicted octanol–water partition coefficient (Wildman–Crippen LogP) is 2.45. The number of nitrogens with zero attached hydrogens (tertiary/aromatic N) is 1. The van der Waals surface area contributed by atoms with Gasteiger partial charge in [-0.25, -0.2) is 4.39 Å². The van der Waals surface area contributed by atoms with Crippen LogP contribution in [0.1, 0.15) is 22.5 Å². The third-order valence-corrected chi connectivity index (χ3v) is 5.23. The molecular formula is C15H18FN3OS. The van der Waals surface area contributed by atoms with Crippen molar-refractivity contribution in [1.82, 2.24) is 10.2 Å². The zero-order chi connectivity index (χ0) is 15.0. The van der Waals surface area contributed by atoms with E-state index in [-0.39, 0.29) is 23.5 Å². The van der Waals surface area contributed by atoms with Crippen LogP contribution in [0.5, 0.6) is 0 Å². The number of halogens is 1. The Balaban J connectivity index is 1.94. The average molecular weight is 307 g/mol. The van der Waals surface area contributed by atoms with Crippen molar-refractivity contribution >= 4 is 33.0 Å². The van der Waals surface area contributed by atoms with Crippen LogP contribution >= 0.6 is 11.3 Å².